The molecule has 1 unspecified atom stereocenters. The van der Waals surface area contributed by atoms with E-state index in [2.05, 4.69) is 57.0 Å². The van der Waals surface area contributed by atoms with Gasteiger partial charge in [-0.3, -0.25) is 0 Å². The second-order valence-corrected chi connectivity index (χ2v) is 5.64. The summed E-state index contributed by atoms with van der Waals surface area (Å²) in [6.07, 6.45) is 3.81. The van der Waals surface area contributed by atoms with Crippen molar-refractivity contribution in [3.05, 3.63) is 0 Å². The zero-order chi connectivity index (χ0) is 13.3. The van der Waals surface area contributed by atoms with Crippen LogP contribution in [0, 0.1) is 0 Å². The molecule has 1 N–H and O–H groups in total. The molecule has 3 nitrogen and oxygen atoms in total. The van der Waals surface area contributed by atoms with Crippen LogP contribution in [0.2, 0.25) is 0 Å². The topological polar surface area (TPSA) is 18.5 Å². The molecule has 0 aromatic heterocycles. The molecule has 0 aliphatic rings. The summed E-state index contributed by atoms with van der Waals surface area (Å²) in [6.45, 7) is 10.2. The number of hydrogen-bond donors (Lipinski definition) is 1. The lowest BCUT2D eigenvalue weighted by atomic mass is 10.1. The van der Waals surface area contributed by atoms with Gasteiger partial charge < -0.3 is 15.1 Å². The van der Waals surface area contributed by atoms with E-state index in [0.29, 0.717) is 12.1 Å². The quantitative estimate of drug-likeness (QED) is 0.633. The van der Waals surface area contributed by atoms with Crippen LogP contribution >= 0.6 is 0 Å². The lowest BCUT2D eigenvalue weighted by molar-refractivity contribution is 0.209. The van der Waals surface area contributed by atoms with Gasteiger partial charge in [-0.15, -0.1) is 0 Å². The van der Waals surface area contributed by atoms with Gasteiger partial charge in [0.1, 0.15) is 0 Å². The highest BCUT2D eigenvalue weighted by Gasteiger charge is 2.13. The molecule has 0 spiro atoms. The number of likely N-dealkylation sites (N-methyl/N-ethyl adjacent to an activating group) is 1. The Kier molecular flexibility index (Phi) is 9.79. The Labute approximate surface area is 109 Å². The van der Waals surface area contributed by atoms with E-state index in [0.717, 1.165) is 6.54 Å². The van der Waals surface area contributed by atoms with Gasteiger partial charge in [0.05, 0.1) is 0 Å². The Morgan fingerprint density at radius 3 is 2.18 bits per heavy atom. The molecule has 17 heavy (non-hydrogen) atoms. The van der Waals surface area contributed by atoms with Crippen LogP contribution in [0.3, 0.4) is 0 Å². The molecule has 0 saturated heterocycles. The molecule has 0 aliphatic heterocycles. The van der Waals surface area contributed by atoms with Gasteiger partial charge in [-0.2, -0.15) is 0 Å². The molecule has 0 rings (SSSR count). The third-order valence-electron chi connectivity index (χ3n) is 3.12. The van der Waals surface area contributed by atoms with Crippen molar-refractivity contribution in [1.29, 1.82) is 0 Å². The minimum Gasteiger partial charge on any atom is -0.313 e. The van der Waals surface area contributed by atoms with Crippen molar-refractivity contribution < 1.29 is 0 Å². The van der Waals surface area contributed by atoms with Crippen LogP contribution in [-0.2, 0) is 0 Å². The first-order valence-corrected chi connectivity index (χ1v) is 7.05. The van der Waals surface area contributed by atoms with Gasteiger partial charge in [-0.05, 0) is 47.1 Å². The average Bonchev–Trinajstić information content (AvgIpc) is 2.23. The average molecular weight is 243 g/mol. The lowest BCUT2D eigenvalue weighted by Crippen LogP contribution is -2.42. The standard InChI is InChI=1S/C14H33N3/c1-7-9-14(12-15-13(2)3)17(6)11-8-10-16(4)5/h13-15H,7-12H2,1-6H3. The first-order valence-electron chi connectivity index (χ1n) is 7.05. The van der Waals surface area contributed by atoms with Crippen LogP contribution < -0.4 is 5.32 Å². The van der Waals surface area contributed by atoms with E-state index >= 15 is 0 Å². The predicted octanol–water partition coefficient (Wildman–Crippen LogP) is 2.04. The lowest BCUT2D eigenvalue weighted by Gasteiger charge is -2.29. The summed E-state index contributed by atoms with van der Waals surface area (Å²) in [5.74, 6) is 0. The van der Waals surface area contributed by atoms with Crippen molar-refractivity contribution in [2.45, 2.75) is 52.1 Å². The highest BCUT2D eigenvalue weighted by atomic mass is 15.2. The zero-order valence-corrected chi connectivity index (χ0v) is 12.8. The fourth-order valence-corrected chi connectivity index (χ4v) is 2.00. The SMILES string of the molecule is CCCC(CNC(C)C)N(C)CCCN(C)C. The Morgan fingerprint density at radius 2 is 1.71 bits per heavy atom. The second kappa shape index (κ2) is 9.86. The minimum atomic E-state index is 0.588. The van der Waals surface area contributed by atoms with E-state index in [9.17, 15) is 0 Å². The fraction of sp³-hybridized carbons (Fsp3) is 1.00. The van der Waals surface area contributed by atoms with Crippen molar-refractivity contribution in [3.8, 4) is 0 Å². The van der Waals surface area contributed by atoms with Crippen LogP contribution in [-0.4, -0.2) is 62.7 Å². The molecule has 0 radical (unpaired) electrons. The minimum absolute atomic E-state index is 0.588. The molecular formula is C14H33N3. The number of nitrogens with one attached hydrogen (secondary N) is 1. The Hall–Kier alpha value is -0.120. The fourth-order valence-electron chi connectivity index (χ4n) is 2.00. The number of rotatable bonds is 10. The number of hydrogen-bond acceptors (Lipinski definition) is 3. The predicted molar refractivity (Wildman–Crippen MR) is 77.6 cm³/mol. The summed E-state index contributed by atoms with van der Waals surface area (Å²) in [5, 5.41) is 3.56. The van der Waals surface area contributed by atoms with Gasteiger partial charge in [0.2, 0.25) is 0 Å². The van der Waals surface area contributed by atoms with Crippen molar-refractivity contribution in [2.24, 2.45) is 0 Å². The zero-order valence-electron chi connectivity index (χ0n) is 12.8. The monoisotopic (exact) mass is 243 g/mol. The van der Waals surface area contributed by atoms with Crippen LogP contribution in [0.4, 0.5) is 0 Å². The summed E-state index contributed by atoms with van der Waals surface area (Å²) in [5.41, 5.74) is 0. The maximum atomic E-state index is 3.56. The number of nitrogens with zero attached hydrogens (tertiary/aromatic N) is 2. The van der Waals surface area contributed by atoms with Crippen molar-refractivity contribution in [2.75, 3.05) is 40.8 Å². The van der Waals surface area contributed by atoms with E-state index in [-0.39, 0.29) is 0 Å². The first kappa shape index (κ1) is 16.9. The largest absolute Gasteiger partial charge is 0.313 e. The van der Waals surface area contributed by atoms with Crippen molar-refractivity contribution in [1.82, 2.24) is 15.1 Å². The normalized spacial score (nSPS) is 13.9. The first-order chi connectivity index (χ1) is 7.97. The van der Waals surface area contributed by atoms with Crippen molar-refractivity contribution >= 4 is 0 Å². The molecule has 0 amide bonds. The van der Waals surface area contributed by atoms with Crippen LogP contribution in [0.15, 0.2) is 0 Å². The van der Waals surface area contributed by atoms with Crippen LogP contribution in [0.5, 0.6) is 0 Å². The second-order valence-electron chi connectivity index (χ2n) is 5.64. The summed E-state index contributed by atoms with van der Waals surface area (Å²) in [4.78, 5) is 4.78. The van der Waals surface area contributed by atoms with E-state index < -0.39 is 0 Å². The summed E-state index contributed by atoms with van der Waals surface area (Å²) < 4.78 is 0. The van der Waals surface area contributed by atoms with Gasteiger partial charge in [0.25, 0.3) is 0 Å². The van der Waals surface area contributed by atoms with Gasteiger partial charge in [0.15, 0.2) is 0 Å². The molecule has 1 atom stereocenters. The van der Waals surface area contributed by atoms with E-state index in [4.69, 9.17) is 0 Å². The molecular weight excluding hydrogens is 210 g/mol. The van der Waals surface area contributed by atoms with E-state index in [1.54, 1.807) is 0 Å². The third-order valence-corrected chi connectivity index (χ3v) is 3.12. The molecule has 0 saturated carbocycles. The van der Waals surface area contributed by atoms with Crippen LogP contribution in [0.25, 0.3) is 0 Å². The molecule has 0 fully saturated rings. The van der Waals surface area contributed by atoms with E-state index in [1.807, 2.05) is 0 Å². The van der Waals surface area contributed by atoms with Crippen molar-refractivity contribution in [3.63, 3.8) is 0 Å². The molecule has 0 bridgehead atoms. The van der Waals surface area contributed by atoms with Gasteiger partial charge >= 0.3 is 0 Å². The van der Waals surface area contributed by atoms with Gasteiger partial charge in [-0.1, -0.05) is 27.2 Å². The molecule has 0 aromatic rings. The smallest absolute Gasteiger partial charge is 0.0217 e. The molecule has 3 heteroatoms. The Bertz CT molecular complexity index is 169. The highest BCUT2D eigenvalue weighted by molar-refractivity contribution is 4.72. The highest BCUT2D eigenvalue weighted by Crippen LogP contribution is 2.05. The maximum Gasteiger partial charge on any atom is 0.0217 e. The Morgan fingerprint density at radius 1 is 1.06 bits per heavy atom. The van der Waals surface area contributed by atoms with E-state index in [1.165, 1.54) is 32.4 Å². The Balaban J connectivity index is 3.91. The molecule has 104 valence electrons. The summed E-state index contributed by atoms with van der Waals surface area (Å²) in [6, 6.07) is 1.27. The summed E-state index contributed by atoms with van der Waals surface area (Å²) >= 11 is 0. The van der Waals surface area contributed by atoms with Gasteiger partial charge in [0, 0.05) is 18.6 Å². The van der Waals surface area contributed by atoms with Gasteiger partial charge in [-0.25, -0.2) is 0 Å². The molecule has 0 aromatic carbocycles. The molecule has 0 aliphatic carbocycles. The molecule has 0 heterocycles. The maximum absolute atomic E-state index is 3.56. The van der Waals surface area contributed by atoms with Crippen LogP contribution in [0.1, 0.15) is 40.0 Å². The third kappa shape index (κ3) is 9.57. The summed E-state index contributed by atoms with van der Waals surface area (Å²) in [7, 11) is 6.55.